The number of hydrogen-bond acceptors (Lipinski definition) is 6. The monoisotopic (exact) mass is 366 g/mol. The van der Waals surface area contributed by atoms with Gasteiger partial charge in [0.05, 0.1) is 0 Å². The minimum absolute atomic E-state index is 0.0972. The number of piperidine rings is 1. The standard InChI is InChI=1S/C19H22N6O2/c1-12-16(23-27-22-12)19(26)24-10-7-14(8-11-24)25-17(13-4-2-5-13)21-15-6-3-9-20-18(15)25/h3,6,9,13-14H,2,4-5,7-8,10-11H2,1H3. The molecule has 0 spiro atoms. The maximum Gasteiger partial charge on any atom is 0.278 e. The molecule has 0 N–H and O–H groups in total. The molecule has 8 nitrogen and oxygen atoms in total. The molecular weight excluding hydrogens is 344 g/mol. The Morgan fingerprint density at radius 2 is 2.00 bits per heavy atom. The molecule has 0 aromatic carbocycles. The van der Waals surface area contributed by atoms with Crippen LogP contribution in [-0.4, -0.2) is 48.7 Å². The lowest BCUT2D eigenvalue weighted by atomic mass is 9.84. The van der Waals surface area contributed by atoms with Gasteiger partial charge < -0.3 is 9.47 Å². The Hall–Kier alpha value is -2.77. The molecule has 0 atom stereocenters. The van der Waals surface area contributed by atoms with E-state index in [4.69, 9.17) is 4.98 Å². The van der Waals surface area contributed by atoms with Crippen molar-refractivity contribution < 1.29 is 9.42 Å². The first kappa shape index (κ1) is 16.4. The molecule has 1 aliphatic carbocycles. The summed E-state index contributed by atoms with van der Waals surface area (Å²) in [7, 11) is 0. The number of hydrogen-bond donors (Lipinski definition) is 0. The molecule has 2 fully saturated rings. The largest absolute Gasteiger partial charge is 0.337 e. The Morgan fingerprint density at radius 3 is 2.67 bits per heavy atom. The highest BCUT2D eigenvalue weighted by atomic mass is 16.6. The fraction of sp³-hybridized carbons (Fsp3) is 0.526. The van der Waals surface area contributed by atoms with E-state index in [2.05, 4.69) is 24.5 Å². The van der Waals surface area contributed by atoms with E-state index in [1.165, 1.54) is 25.1 Å². The fourth-order valence-electron chi connectivity index (χ4n) is 4.16. The van der Waals surface area contributed by atoms with Gasteiger partial charge in [0.25, 0.3) is 5.91 Å². The second-order valence-electron chi connectivity index (χ2n) is 7.54. The van der Waals surface area contributed by atoms with E-state index in [1.54, 1.807) is 6.92 Å². The number of rotatable bonds is 3. The minimum Gasteiger partial charge on any atom is -0.337 e. The number of likely N-dealkylation sites (tertiary alicyclic amines) is 1. The zero-order chi connectivity index (χ0) is 18.4. The lowest BCUT2D eigenvalue weighted by molar-refractivity contribution is 0.0682. The Kier molecular flexibility index (Phi) is 3.91. The Morgan fingerprint density at radius 1 is 1.19 bits per heavy atom. The molecule has 3 aromatic rings. The van der Waals surface area contributed by atoms with Crippen molar-refractivity contribution >= 4 is 17.1 Å². The van der Waals surface area contributed by atoms with Crippen LogP contribution < -0.4 is 0 Å². The highest BCUT2D eigenvalue weighted by molar-refractivity contribution is 5.93. The van der Waals surface area contributed by atoms with E-state index in [-0.39, 0.29) is 5.91 Å². The Balaban J connectivity index is 1.39. The first-order chi connectivity index (χ1) is 13.2. The summed E-state index contributed by atoms with van der Waals surface area (Å²) in [5.41, 5.74) is 2.81. The normalized spacial score (nSPS) is 18.8. The smallest absolute Gasteiger partial charge is 0.278 e. The molecule has 8 heteroatoms. The summed E-state index contributed by atoms with van der Waals surface area (Å²) in [5, 5.41) is 7.47. The Labute approximate surface area is 156 Å². The highest BCUT2D eigenvalue weighted by Crippen LogP contribution is 2.39. The SMILES string of the molecule is Cc1nonc1C(=O)N1CCC(n2c(C3CCC3)nc3cccnc32)CC1. The summed E-state index contributed by atoms with van der Waals surface area (Å²) >= 11 is 0. The average Bonchev–Trinajstić information content (AvgIpc) is 3.23. The van der Waals surface area contributed by atoms with E-state index in [0.29, 0.717) is 36.4 Å². The van der Waals surface area contributed by atoms with Crippen LogP contribution in [0.15, 0.2) is 23.0 Å². The molecule has 2 aliphatic rings. The van der Waals surface area contributed by atoms with Gasteiger partial charge in [-0.25, -0.2) is 14.6 Å². The Bertz CT molecular complexity index is 981. The van der Waals surface area contributed by atoms with E-state index in [9.17, 15) is 4.79 Å². The maximum atomic E-state index is 12.6. The summed E-state index contributed by atoms with van der Waals surface area (Å²) < 4.78 is 7.03. The van der Waals surface area contributed by atoms with Gasteiger partial charge >= 0.3 is 0 Å². The number of aromatic nitrogens is 5. The van der Waals surface area contributed by atoms with Crippen molar-refractivity contribution in [3.05, 3.63) is 35.5 Å². The number of carbonyl (C=O) groups is 1. The van der Waals surface area contributed by atoms with Crippen molar-refractivity contribution in [2.45, 2.75) is 51.0 Å². The van der Waals surface area contributed by atoms with Gasteiger partial charge in [0.2, 0.25) is 0 Å². The van der Waals surface area contributed by atoms with Gasteiger partial charge in [-0.1, -0.05) is 11.6 Å². The first-order valence-electron chi connectivity index (χ1n) is 9.63. The number of aryl methyl sites for hydroxylation is 1. The molecule has 5 rings (SSSR count). The van der Waals surface area contributed by atoms with Crippen molar-refractivity contribution in [1.82, 2.24) is 29.7 Å². The van der Waals surface area contributed by atoms with E-state index < -0.39 is 0 Å². The molecule has 3 aromatic heterocycles. The second-order valence-corrected chi connectivity index (χ2v) is 7.54. The average molecular weight is 366 g/mol. The summed E-state index contributed by atoms with van der Waals surface area (Å²) in [6.45, 7) is 3.11. The van der Waals surface area contributed by atoms with Gasteiger partial charge in [-0.05, 0) is 49.9 Å². The van der Waals surface area contributed by atoms with Crippen molar-refractivity contribution in [3.63, 3.8) is 0 Å². The number of carbonyl (C=O) groups excluding carboxylic acids is 1. The highest BCUT2D eigenvalue weighted by Gasteiger charge is 2.32. The zero-order valence-electron chi connectivity index (χ0n) is 15.3. The van der Waals surface area contributed by atoms with E-state index in [0.717, 1.165) is 24.0 Å². The number of imidazole rings is 1. The molecule has 0 radical (unpaired) electrons. The summed E-state index contributed by atoms with van der Waals surface area (Å²) in [4.78, 5) is 24.0. The fourth-order valence-corrected chi connectivity index (χ4v) is 4.16. The number of amides is 1. The van der Waals surface area contributed by atoms with E-state index >= 15 is 0 Å². The van der Waals surface area contributed by atoms with Crippen LogP contribution >= 0.6 is 0 Å². The maximum absolute atomic E-state index is 12.6. The predicted molar refractivity (Wildman–Crippen MR) is 97.3 cm³/mol. The van der Waals surface area contributed by atoms with Crippen molar-refractivity contribution in [1.29, 1.82) is 0 Å². The zero-order valence-corrected chi connectivity index (χ0v) is 15.3. The van der Waals surface area contributed by atoms with Gasteiger partial charge in [0.1, 0.15) is 17.0 Å². The number of nitrogens with zero attached hydrogens (tertiary/aromatic N) is 6. The minimum atomic E-state index is -0.0972. The summed E-state index contributed by atoms with van der Waals surface area (Å²) in [5.74, 6) is 1.62. The van der Waals surface area contributed by atoms with Crippen LogP contribution in [0, 0.1) is 6.92 Å². The molecular formula is C19H22N6O2. The summed E-state index contributed by atoms with van der Waals surface area (Å²) in [6.07, 6.45) is 7.30. The molecule has 1 saturated carbocycles. The van der Waals surface area contributed by atoms with Gasteiger partial charge in [-0.3, -0.25) is 4.79 Å². The van der Waals surface area contributed by atoms with Crippen LogP contribution in [0.5, 0.6) is 0 Å². The molecule has 4 heterocycles. The number of pyridine rings is 1. The van der Waals surface area contributed by atoms with Crippen molar-refractivity contribution in [2.75, 3.05) is 13.1 Å². The molecule has 0 unspecified atom stereocenters. The summed E-state index contributed by atoms with van der Waals surface area (Å²) in [6, 6.07) is 4.31. The molecule has 1 aliphatic heterocycles. The van der Waals surface area contributed by atoms with Crippen LogP contribution in [0.4, 0.5) is 0 Å². The van der Waals surface area contributed by atoms with Crippen LogP contribution in [0.1, 0.15) is 66.1 Å². The van der Waals surface area contributed by atoms with Gasteiger partial charge in [-0.2, -0.15) is 0 Å². The lowest BCUT2D eigenvalue weighted by Gasteiger charge is -2.35. The van der Waals surface area contributed by atoms with Crippen LogP contribution in [0.25, 0.3) is 11.2 Å². The molecule has 27 heavy (non-hydrogen) atoms. The molecule has 1 saturated heterocycles. The second kappa shape index (κ2) is 6.44. The van der Waals surface area contributed by atoms with E-state index in [1.807, 2.05) is 23.2 Å². The first-order valence-corrected chi connectivity index (χ1v) is 9.63. The van der Waals surface area contributed by atoms with Gasteiger partial charge in [0, 0.05) is 31.2 Å². The van der Waals surface area contributed by atoms with Crippen LogP contribution in [0.2, 0.25) is 0 Å². The third-order valence-electron chi connectivity index (χ3n) is 5.92. The molecule has 1 amide bonds. The van der Waals surface area contributed by atoms with Crippen LogP contribution in [-0.2, 0) is 0 Å². The number of fused-ring (bicyclic) bond motifs is 1. The van der Waals surface area contributed by atoms with Gasteiger partial charge in [-0.15, -0.1) is 0 Å². The topological polar surface area (TPSA) is 89.9 Å². The third kappa shape index (κ3) is 2.70. The third-order valence-corrected chi connectivity index (χ3v) is 5.92. The molecule has 140 valence electrons. The predicted octanol–water partition coefficient (Wildman–Crippen LogP) is 2.87. The van der Waals surface area contributed by atoms with Crippen molar-refractivity contribution in [2.24, 2.45) is 0 Å². The van der Waals surface area contributed by atoms with Gasteiger partial charge in [0.15, 0.2) is 11.3 Å². The molecule has 0 bridgehead atoms. The van der Waals surface area contributed by atoms with Crippen molar-refractivity contribution in [3.8, 4) is 0 Å². The van der Waals surface area contributed by atoms with Crippen LogP contribution in [0.3, 0.4) is 0 Å². The lowest BCUT2D eigenvalue weighted by Crippen LogP contribution is -2.40. The quantitative estimate of drug-likeness (QED) is 0.708.